The summed E-state index contributed by atoms with van der Waals surface area (Å²) in [6.07, 6.45) is -0.708. The number of aryl methyl sites for hydroxylation is 4. The topological polar surface area (TPSA) is 52.6 Å². The standard InChI is InChI=1S/C44H42O4/c1-25(2)47-43(45)41-37(33-19-27(5)17-28(6)20-33)23-31-13-9-11-15-35(31)39(41)40-36-16-12-10-14-32(36)24-38(42(40)44(46)48-26(3)4)34-21-29(7)18-30(8)22-34/h9-26H,1-8H3. The molecular formula is C44H42O4. The zero-order valence-electron chi connectivity index (χ0n) is 29.0. The van der Waals surface area contributed by atoms with Crippen molar-refractivity contribution in [1.29, 1.82) is 0 Å². The van der Waals surface area contributed by atoms with Gasteiger partial charge in [0.15, 0.2) is 0 Å². The fraction of sp³-hybridized carbons (Fsp3) is 0.227. The molecule has 242 valence electrons. The van der Waals surface area contributed by atoms with Gasteiger partial charge < -0.3 is 9.47 Å². The third kappa shape index (κ3) is 6.35. The Morgan fingerprint density at radius 1 is 0.479 bits per heavy atom. The van der Waals surface area contributed by atoms with Crippen LogP contribution in [-0.4, -0.2) is 24.1 Å². The van der Waals surface area contributed by atoms with E-state index in [-0.39, 0.29) is 12.2 Å². The van der Waals surface area contributed by atoms with Crippen molar-refractivity contribution in [3.8, 4) is 33.4 Å². The van der Waals surface area contributed by atoms with Crippen LogP contribution in [0.2, 0.25) is 0 Å². The zero-order chi connectivity index (χ0) is 34.3. The first-order valence-electron chi connectivity index (χ1n) is 16.6. The summed E-state index contributed by atoms with van der Waals surface area (Å²) >= 11 is 0. The summed E-state index contributed by atoms with van der Waals surface area (Å²) in [5.74, 6) is -0.882. The Morgan fingerprint density at radius 3 is 1.15 bits per heavy atom. The predicted octanol–water partition coefficient (Wildman–Crippen LogP) is 11.4. The van der Waals surface area contributed by atoms with Crippen molar-refractivity contribution in [3.63, 3.8) is 0 Å². The van der Waals surface area contributed by atoms with Crippen LogP contribution in [0.25, 0.3) is 54.9 Å². The molecule has 0 atom stereocenters. The van der Waals surface area contributed by atoms with E-state index in [1.807, 2.05) is 64.1 Å². The number of benzene rings is 6. The van der Waals surface area contributed by atoms with Crippen molar-refractivity contribution >= 4 is 33.5 Å². The maximum absolute atomic E-state index is 14.6. The van der Waals surface area contributed by atoms with E-state index in [1.165, 1.54) is 0 Å². The number of carbonyl (C=O) groups excluding carboxylic acids is 2. The highest BCUT2D eigenvalue weighted by molar-refractivity contribution is 6.22. The lowest BCUT2D eigenvalue weighted by Gasteiger charge is -2.24. The lowest BCUT2D eigenvalue weighted by atomic mass is 9.80. The first-order valence-corrected chi connectivity index (χ1v) is 16.6. The molecular weight excluding hydrogens is 592 g/mol. The normalized spacial score (nSPS) is 11.5. The Kier molecular flexibility index (Phi) is 8.94. The summed E-state index contributed by atoms with van der Waals surface area (Å²) in [6.45, 7) is 15.7. The van der Waals surface area contributed by atoms with Crippen LogP contribution in [0.15, 0.2) is 97.1 Å². The van der Waals surface area contributed by atoms with E-state index in [0.717, 1.165) is 66.1 Å². The van der Waals surface area contributed by atoms with Gasteiger partial charge in [-0.1, -0.05) is 107 Å². The number of hydrogen-bond acceptors (Lipinski definition) is 4. The van der Waals surface area contributed by atoms with E-state index in [2.05, 4.69) is 88.4 Å². The van der Waals surface area contributed by atoms with Crippen LogP contribution in [0.1, 0.15) is 70.7 Å². The Bertz CT molecular complexity index is 2020. The molecule has 0 bridgehead atoms. The van der Waals surface area contributed by atoms with E-state index in [1.54, 1.807) is 0 Å². The van der Waals surface area contributed by atoms with Crippen LogP contribution < -0.4 is 0 Å². The van der Waals surface area contributed by atoms with Crippen molar-refractivity contribution in [1.82, 2.24) is 0 Å². The Labute approximate surface area is 283 Å². The minimum atomic E-state index is -0.441. The predicted molar refractivity (Wildman–Crippen MR) is 198 cm³/mol. The third-order valence-corrected chi connectivity index (χ3v) is 8.51. The van der Waals surface area contributed by atoms with Crippen LogP contribution in [0.4, 0.5) is 0 Å². The molecule has 0 aliphatic heterocycles. The third-order valence-electron chi connectivity index (χ3n) is 8.51. The number of rotatable bonds is 7. The molecule has 4 heteroatoms. The summed E-state index contributed by atoms with van der Waals surface area (Å²) in [4.78, 5) is 29.1. The first-order chi connectivity index (χ1) is 22.9. The van der Waals surface area contributed by atoms with E-state index in [9.17, 15) is 9.59 Å². The van der Waals surface area contributed by atoms with E-state index in [0.29, 0.717) is 22.3 Å². The van der Waals surface area contributed by atoms with E-state index < -0.39 is 11.9 Å². The van der Waals surface area contributed by atoms with Crippen molar-refractivity contribution in [2.75, 3.05) is 0 Å². The van der Waals surface area contributed by atoms with Crippen molar-refractivity contribution in [2.24, 2.45) is 0 Å². The van der Waals surface area contributed by atoms with Gasteiger partial charge in [0.05, 0.1) is 23.3 Å². The van der Waals surface area contributed by atoms with Gasteiger partial charge >= 0.3 is 11.9 Å². The molecule has 0 aliphatic carbocycles. The summed E-state index contributed by atoms with van der Waals surface area (Å²) in [6, 6.07) is 32.9. The van der Waals surface area contributed by atoms with Gasteiger partial charge in [-0.15, -0.1) is 0 Å². The lowest BCUT2D eigenvalue weighted by Crippen LogP contribution is -2.17. The molecule has 0 saturated carbocycles. The monoisotopic (exact) mass is 634 g/mol. The summed E-state index contributed by atoms with van der Waals surface area (Å²) < 4.78 is 12.1. The molecule has 6 aromatic carbocycles. The zero-order valence-corrected chi connectivity index (χ0v) is 29.0. The Balaban J connectivity index is 1.89. The van der Waals surface area contributed by atoms with Gasteiger partial charge in [0.25, 0.3) is 0 Å². The van der Waals surface area contributed by atoms with Gasteiger partial charge in [-0.2, -0.15) is 0 Å². The second-order valence-corrected chi connectivity index (χ2v) is 13.5. The van der Waals surface area contributed by atoms with Crippen molar-refractivity contribution in [3.05, 3.63) is 130 Å². The first kappa shape index (κ1) is 32.7. The van der Waals surface area contributed by atoms with Gasteiger partial charge in [-0.3, -0.25) is 0 Å². The summed E-state index contributed by atoms with van der Waals surface area (Å²) in [5.41, 5.74) is 9.86. The van der Waals surface area contributed by atoms with Crippen LogP contribution in [-0.2, 0) is 9.47 Å². The molecule has 0 saturated heterocycles. The number of ether oxygens (including phenoxy) is 2. The largest absolute Gasteiger partial charge is 0.459 e. The molecule has 0 amide bonds. The van der Waals surface area contributed by atoms with Gasteiger partial charge in [0.2, 0.25) is 0 Å². The highest BCUT2D eigenvalue weighted by Gasteiger charge is 2.31. The van der Waals surface area contributed by atoms with Crippen molar-refractivity contribution in [2.45, 2.75) is 67.6 Å². The second kappa shape index (κ2) is 13.1. The van der Waals surface area contributed by atoms with Crippen LogP contribution in [0, 0.1) is 27.7 Å². The van der Waals surface area contributed by atoms with Crippen LogP contribution >= 0.6 is 0 Å². The molecule has 48 heavy (non-hydrogen) atoms. The maximum Gasteiger partial charge on any atom is 0.339 e. The second-order valence-electron chi connectivity index (χ2n) is 13.5. The van der Waals surface area contributed by atoms with E-state index in [4.69, 9.17) is 9.47 Å². The smallest absolute Gasteiger partial charge is 0.339 e. The quantitative estimate of drug-likeness (QED) is 0.164. The molecule has 4 nitrogen and oxygen atoms in total. The fourth-order valence-corrected chi connectivity index (χ4v) is 6.90. The molecule has 0 fully saturated rings. The van der Waals surface area contributed by atoms with Crippen molar-refractivity contribution < 1.29 is 19.1 Å². The molecule has 0 unspecified atom stereocenters. The Hall–Kier alpha value is -5.22. The molecule has 6 rings (SSSR count). The highest BCUT2D eigenvalue weighted by Crippen LogP contribution is 2.47. The Morgan fingerprint density at radius 2 is 0.812 bits per heavy atom. The SMILES string of the molecule is Cc1cc(C)cc(-c2cc3ccccc3c(-c3c(C(=O)OC(C)C)c(-c4cc(C)cc(C)c4)cc4ccccc34)c2C(=O)OC(C)C)c1. The summed E-state index contributed by atoms with van der Waals surface area (Å²) in [5, 5.41) is 3.60. The van der Waals surface area contributed by atoms with Gasteiger partial charge in [0.1, 0.15) is 0 Å². The minimum absolute atomic E-state index is 0.354. The molecule has 0 aromatic heterocycles. The summed E-state index contributed by atoms with van der Waals surface area (Å²) in [7, 11) is 0. The van der Waals surface area contributed by atoms with Gasteiger partial charge in [-0.25, -0.2) is 9.59 Å². The highest BCUT2D eigenvalue weighted by atomic mass is 16.5. The average molecular weight is 635 g/mol. The number of esters is 2. The van der Waals surface area contributed by atoms with Crippen LogP contribution in [0.3, 0.4) is 0 Å². The van der Waals surface area contributed by atoms with Gasteiger partial charge in [0, 0.05) is 11.1 Å². The molecule has 6 aromatic rings. The van der Waals surface area contributed by atoms with Gasteiger partial charge in [-0.05, 0) is 111 Å². The minimum Gasteiger partial charge on any atom is -0.459 e. The number of hydrogen-bond donors (Lipinski definition) is 0. The number of carbonyl (C=O) groups is 2. The molecule has 0 radical (unpaired) electrons. The fourth-order valence-electron chi connectivity index (χ4n) is 6.90. The number of fused-ring (bicyclic) bond motifs is 2. The molecule has 0 aliphatic rings. The van der Waals surface area contributed by atoms with Crippen LogP contribution in [0.5, 0.6) is 0 Å². The molecule has 0 heterocycles. The molecule has 0 spiro atoms. The average Bonchev–Trinajstić information content (AvgIpc) is 3.01. The maximum atomic E-state index is 14.6. The molecule has 0 N–H and O–H groups in total. The lowest BCUT2D eigenvalue weighted by molar-refractivity contribution is 0.0366. The van der Waals surface area contributed by atoms with E-state index >= 15 is 0 Å².